The number of aryl methyl sites for hydroxylation is 2. The van der Waals surface area contributed by atoms with Crippen molar-refractivity contribution in [1.82, 2.24) is 4.98 Å². The number of rotatable bonds is 6. The molecule has 0 saturated carbocycles. The molecule has 3 rings (SSSR count). The molecule has 0 aliphatic rings. The Morgan fingerprint density at radius 1 is 0.963 bits per heavy atom. The van der Waals surface area contributed by atoms with Gasteiger partial charge in [0.2, 0.25) is 0 Å². The molecule has 0 saturated heterocycles. The van der Waals surface area contributed by atoms with Crippen molar-refractivity contribution in [1.29, 1.82) is 0 Å². The third kappa shape index (κ3) is 4.83. The van der Waals surface area contributed by atoms with Crippen LogP contribution in [0.3, 0.4) is 0 Å². The molecule has 0 aliphatic carbocycles. The zero-order valence-electron chi connectivity index (χ0n) is 15.0. The summed E-state index contributed by atoms with van der Waals surface area (Å²) in [5, 5.41) is 3.15. The minimum absolute atomic E-state index is 0.200. The number of nitrogens with zero attached hydrogens (tertiary/aromatic N) is 1. The lowest BCUT2D eigenvalue weighted by atomic mass is 10.1. The Hall–Kier alpha value is -2.93. The van der Waals surface area contributed by atoms with Gasteiger partial charge in [-0.3, -0.25) is 4.72 Å². The molecule has 27 heavy (non-hydrogen) atoms. The molecule has 0 aliphatic heterocycles. The minimum atomic E-state index is -3.69. The van der Waals surface area contributed by atoms with Crippen molar-refractivity contribution in [2.24, 2.45) is 0 Å². The van der Waals surface area contributed by atoms with Crippen LogP contribution in [0.25, 0.3) is 0 Å². The van der Waals surface area contributed by atoms with Crippen LogP contribution < -0.4 is 10.0 Å². The molecule has 1 heterocycles. The Bertz CT molecular complexity index is 1030. The molecule has 3 aromatic rings. The zero-order valence-corrected chi connectivity index (χ0v) is 15.8. The topological polar surface area (TPSA) is 71.1 Å². The summed E-state index contributed by atoms with van der Waals surface area (Å²) in [6, 6.07) is 14.5. The van der Waals surface area contributed by atoms with Crippen LogP contribution in [0.1, 0.15) is 16.7 Å². The highest BCUT2D eigenvalue weighted by Gasteiger charge is 2.15. The number of hydrogen-bond donors (Lipinski definition) is 2. The molecule has 5 nitrogen and oxygen atoms in total. The van der Waals surface area contributed by atoms with E-state index in [1.165, 1.54) is 12.1 Å². The van der Waals surface area contributed by atoms with Gasteiger partial charge < -0.3 is 5.32 Å². The van der Waals surface area contributed by atoms with Crippen LogP contribution in [-0.4, -0.2) is 13.4 Å². The van der Waals surface area contributed by atoms with E-state index in [-0.39, 0.29) is 16.5 Å². The van der Waals surface area contributed by atoms with Gasteiger partial charge in [0.05, 0.1) is 16.8 Å². The van der Waals surface area contributed by atoms with Gasteiger partial charge in [-0.15, -0.1) is 0 Å². The first-order valence-corrected chi connectivity index (χ1v) is 9.86. The fraction of sp³-hybridized carbons (Fsp3) is 0.150. The van der Waals surface area contributed by atoms with Gasteiger partial charge >= 0.3 is 0 Å². The van der Waals surface area contributed by atoms with Crippen LogP contribution in [0.4, 0.5) is 15.9 Å². The maximum Gasteiger partial charge on any atom is 0.263 e. The number of anilines is 2. The van der Waals surface area contributed by atoms with Crippen LogP contribution in [-0.2, 0) is 16.6 Å². The molecule has 0 fully saturated rings. The van der Waals surface area contributed by atoms with Gasteiger partial charge in [0, 0.05) is 6.54 Å². The van der Waals surface area contributed by atoms with Crippen LogP contribution in [0, 0.1) is 19.7 Å². The van der Waals surface area contributed by atoms with E-state index in [4.69, 9.17) is 0 Å². The van der Waals surface area contributed by atoms with Gasteiger partial charge in [0.15, 0.2) is 0 Å². The first-order valence-electron chi connectivity index (χ1n) is 8.38. The Balaban J connectivity index is 1.66. The molecule has 0 spiro atoms. The largest absolute Gasteiger partial charge is 0.380 e. The monoisotopic (exact) mass is 385 g/mol. The van der Waals surface area contributed by atoms with Crippen LogP contribution in [0.2, 0.25) is 0 Å². The lowest BCUT2D eigenvalue weighted by Gasteiger charge is -2.10. The summed E-state index contributed by atoms with van der Waals surface area (Å²) in [7, 11) is -3.69. The summed E-state index contributed by atoms with van der Waals surface area (Å²) in [5.74, 6) is -0.0404. The number of pyridine rings is 1. The van der Waals surface area contributed by atoms with Gasteiger partial charge in [-0.25, -0.2) is 17.8 Å². The summed E-state index contributed by atoms with van der Waals surface area (Å²) in [4.78, 5) is 4.34. The van der Waals surface area contributed by atoms with Crippen LogP contribution >= 0.6 is 0 Å². The van der Waals surface area contributed by atoms with Crippen molar-refractivity contribution in [3.8, 4) is 0 Å². The molecule has 0 radical (unpaired) electrons. The Labute approximate surface area is 158 Å². The molecule has 140 valence electrons. The second-order valence-electron chi connectivity index (χ2n) is 6.26. The highest BCUT2D eigenvalue weighted by Crippen LogP contribution is 2.19. The van der Waals surface area contributed by atoms with E-state index in [0.717, 1.165) is 22.4 Å². The third-order valence-electron chi connectivity index (χ3n) is 4.20. The third-order valence-corrected chi connectivity index (χ3v) is 5.55. The summed E-state index contributed by atoms with van der Waals surface area (Å²) < 4.78 is 40.4. The molecule has 0 bridgehead atoms. The first-order chi connectivity index (χ1) is 12.8. The quantitative estimate of drug-likeness (QED) is 0.665. The van der Waals surface area contributed by atoms with Crippen molar-refractivity contribution >= 4 is 21.5 Å². The van der Waals surface area contributed by atoms with Crippen LogP contribution in [0.15, 0.2) is 65.7 Å². The Morgan fingerprint density at radius 2 is 1.70 bits per heavy atom. The van der Waals surface area contributed by atoms with E-state index >= 15 is 0 Å². The van der Waals surface area contributed by atoms with Crippen molar-refractivity contribution in [2.45, 2.75) is 25.3 Å². The summed E-state index contributed by atoms with van der Waals surface area (Å²) >= 11 is 0. The SMILES string of the molecule is Cc1ccc(S(=O)(=O)Nc2ccc(NCc3ccc(F)cc3)cn2)cc1C. The van der Waals surface area contributed by atoms with E-state index in [2.05, 4.69) is 15.0 Å². The second-order valence-corrected chi connectivity index (χ2v) is 7.95. The summed E-state index contributed by atoms with van der Waals surface area (Å²) in [6.45, 7) is 4.31. The van der Waals surface area contributed by atoms with Crippen molar-refractivity contribution in [2.75, 3.05) is 10.0 Å². The normalized spacial score (nSPS) is 11.2. The number of nitrogens with one attached hydrogen (secondary N) is 2. The maximum absolute atomic E-state index is 12.9. The summed E-state index contributed by atoms with van der Waals surface area (Å²) in [6.07, 6.45) is 1.54. The molecule has 2 N–H and O–H groups in total. The molecular formula is C20H20FN3O2S. The van der Waals surface area contributed by atoms with Crippen molar-refractivity contribution in [3.05, 3.63) is 83.3 Å². The fourth-order valence-electron chi connectivity index (χ4n) is 2.44. The standard InChI is InChI=1S/C20H20FN3O2S/c1-14-3-9-19(11-15(14)2)27(25,26)24-20-10-8-18(13-23-20)22-12-16-4-6-17(21)7-5-16/h3-11,13,22H,12H2,1-2H3,(H,23,24). The van der Waals surface area contributed by atoms with Gasteiger partial charge in [-0.2, -0.15) is 0 Å². The predicted molar refractivity (Wildman–Crippen MR) is 105 cm³/mol. The van der Waals surface area contributed by atoms with Crippen LogP contribution in [0.5, 0.6) is 0 Å². The molecule has 0 unspecified atom stereocenters. The van der Waals surface area contributed by atoms with Crippen molar-refractivity contribution < 1.29 is 12.8 Å². The molecule has 1 aromatic heterocycles. The molecule has 2 aromatic carbocycles. The lowest BCUT2D eigenvalue weighted by molar-refractivity contribution is 0.601. The number of halogens is 1. The van der Waals surface area contributed by atoms with Crippen molar-refractivity contribution in [3.63, 3.8) is 0 Å². The van der Waals surface area contributed by atoms with E-state index in [0.29, 0.717) is 6.54 Å². The fourth-order valence-corrected chi connectivity index (χ4v) is 3.54. The maximum atomic E-state index is 12.9. The average Bonchev–Trinajstić information content (AvgIpc) is 2.64. The molecule has 7 heteroatoms. The highest BCUT2D eigenvalue weighted by atomic mass is 32.2. The lowest BCUT2D eigenvalue weighted by Crippen LogP contribution is -2.14. The molecular weight excluding hydrogens is 365 g/mol. The van der Waals surface area contributed by atoms with Gasteiger partial charge in [-0.05, 0) is 66.9 Å². The molecule has 0 atom stereocenters. The second kappa shape index (κ2) is 7.75. The minimum Gasteiger partial charge on any atom is -0.380 e. The first kappa shape index (κ1) is 18.8. The average molecular weight is 385 g/mol. The van der Waals surface area contributed by atoms with E-state index in [1.807, 2.05) is 13.8 Å². The number of hydrogen-bond acceptors (Lipinski definition) is 4. The van der Waals surface area contributed by atoms with E-state index < -0.39 is 10.0 Å². The Morgan fingerprint density at radius 3 is 2.33 bits per heavy atom. The molecule has 0 amide bonds. The van der Waals surface area contributed by atoms with E-state index in [1.54, 1.807) is 48.7 Å². The summed E-state index contributed by atoms with van der Waals surface area (Å²) in [5.41, 5.74) is 3.60. The smallest absolute Gasteiger partial charge is 0.263 e. The van der Waals surface area contributed by atoms with Gasteiger partial charge in [-0.1, -0.05) is 18.2 Å². The number of aromatic nitrogens is 1. The highest BCUT2D eigenvalue weighted by molar-refractivity contribution is 7.92. The van der Waals surface area contributed by atoms with Gasteiger partial charge in [0.1, 0.15) is 11.6 Å². The predicted octanol–water partition coefficient (Wildman–Crippen LogP) is 4.25. The van der Waals surface area contributed by atoms with E-state index in [9.17, 15) is 12.8 Å². The number of benzene rings is 2. The Kier molecular flexibility index (Phi) is 5.41. The van der Waals surface area contributed by atoms with Gasteiger partial charge in [0.25, 0.3) is 10.0 Å². The zero-order chi connectivity index (χ0) is 19.4. The number of sulfonamides is 1.